The monoisotopic (exact) mass is 310 g/mol. The van der Waals surface area contributed by atoms with E-state index in [0.29, 0.717) is 4.60 Å². The van der Waals surface area contributed by atoms with Crippen LogP contribution in [0.2, 0.25) is 0 Å². The Morgan fingerprint density at radius 2 is 2.23 bits per heavy atom. The van der Waals surface area contributed by atoms with Crippen LogP contribution in [-0.2, 0) is 17.8 Å². The standard InChI is InChI=1S/C7H8Br2N2O2/c1-2-4-6(8)10-11(7(4)9)3-5(12)13/h2-3H2,1H3,(H,12,13). The topological polar surface area (TPSA) is 55.1 Å². The minimum Gasteiger partial charge on any atom is -0.480 e. The molecule has 6 heteroatoms. The van der Waals surface area contributed by atoms with E-state index in [1.807, 2.05) is 6.92 Å². The second kappa shape index (κ2) is 4.23. The molecule has 0 unspecified atom stereocenters. The molecule has 0 aromatic carbocycles. The molecule has 0 amide bonds. The van der Waals surface area contributed by atoms with Gasteiger partial charge in [0.15, 0.2) is 0 Å². The zero-order chi connectivity index (χ0) is 10.0. The van der Waals surface area contributed by atoms with E-state index in [9.17, 15) is 4.79 Å². The SMILES string of the molecule is CCc1c(Br)nn(CC(=O)O)c1Br. The van der Waals surface area contributed by atoms with Crippen molar-refractivity contribution >= 4 is 37.8 Å². The van der Waals surface area contributed by atoms with Gasteiger partial charge in [0.05, 0.1) is 0 Å². The van der Waals surface area contributed by atoms with E-state index in [2.05, 4.69) is 37.0 Å². The Kier molecular flexibility index (Phi) is 3.49. The number of nitrogens with zero attached hydrogens (tertiary/aromatic N) is 2. The second-order valence-corrected chi connectivity index (χ2v) is 3.97. The van der Waals surface area contributed by atoms with Crippen molar-refractivity contribution in [1.82, 2.24) is 9.78 Å². The van der Waals surface area contributed by atoms with E-state index >= 15 is 0 Å². The third-order valence-corrected chi connectivity index (χ3v) is 3.10. The molecule has 0 bridgehead atoms. The van der Waals surface area contributed by atoms with Gasteiger partial charge >= 0.3 is 5.97 Å². The molecule has 4 nitrogen and oxygen atoms in total. The summed E-state index contributed by atoms with van der Waals surface area (Å²) >= 11 is 6.56. The summed E-state index contributed by atoms with van der Waals surface area (Å²) in [7, 11) is 0. The van der Waals surface area contributed by atoms with Gasteiger partial charge in [-0.1, -0.05) is 6.92 Å². The summed E-state index contributed by atoms with van der Waals surface area (Å²) in [5.74, 6) is -0.904. The van der Waals surface area contributed by atoms with E-state index in [-0.39, 0.29) is 6.54 Å². The van der Waals surface area contributed by atoms with Crippen molar-refractivity contribution in [3.8, 4) is 0 Å². The van der Waals surface area contributed by atoms with E-state index in [1.165, 1.54) is 4.68 Å². The zero-order valence-corrected chi connectivity index (χ0v) is 10.1. The zero-order valence-electron chi connectivity index (χ0n) is 6.92. The number of hydrogen-bond acceptors (Lipinski definition) is 2. The molecular formula is C7H8Br2N2O2. The van der Waals surface area contributed by atoms with Crippen molar-refractivity contribution in [3.63, 3.8) is 0 Å². The Balaban J connectivity index is 3.03. The third kappa shape index (κ3) is 2.31. The van der Waals surface area contributed by atoms with Gasteiger partial charge in [-0.05, 0) is 38.3 Å². The second-order valence-electron chi connectivity index (χ2n) is 2.47. The van der Waals surface area contributed by atoms with Crippen molar-refractivity contribution in [1.29, 1.82) is 0 Å². The predicted octanol–water partition coefficient (Wildman–Crippen LogP) is 2.06. The van der Waals surface area contributed by atoms with Crippen LogP contribution in [0.5, 0.6) is 0 Å². The first-order valence-electron chi connectivity index (χ1n) is 3.68. The van der Waals surface area contributed by atoms with E-state index in [0.717, 1.165) is 16.6 Å². The lowest BCUT2D eigenvalue weighted by Gasteiger charge is -1.97. The molecule has 0 spiro atoms. The highest BCUT2D eigenvalue weighted by Gasteiger charge is 2.13. The van der Waals surface area contributed by atoms with Gasteiger partial charge in [0.2, 0.25) is 0 Å². The van der Waals surface area contributed by atoms with Crippen LogP contribution in [0.3, 0.4) is 0 Å². The normalized spacial score (nSPS) is 10.4. The van der Waals surface area contributed by atoms with Crippen molar-refractivity contribution < 1.29 is 9.90 Å². The maximum absolute atomic E-state index is 10.4. The minimum atomic E-state index is -0.904. The fourth-order valence-corrected chi connectivity index (χ4v) is 2.57. The average molecular weight is 312 g/mol. The summed E-state index contributed by atoms with van der Waals surface area (Å²) in [6, 6.07) is 0. The number of aromatic nitrogens is 2. The fourth-order valence-electron chi connectivity index (χ4n) is 0.976. The summed E-state index contributed by atoms with van der Waals surface area (Å²) in [4.78, 5) is 10.4. The number of aliphatic carboxylic acids is 1. The molecule has 13 heavy (non-hydrogen) atoms. The van der Waals surface area contributed by atoms with Gasteiger partial charge in [0.1, 0.15) is 15.8 Å². The van der Waals surface area contributed by atoms with Crippen LogP contribution in [0.15, 0.2) is 9.21 Å². The maximum atomic E-state index is 10.4. The van der Waals surface area contributed by atoms with Crippen molar-refractivity contribution in [2.75, 3.05) is 0 Å². The molecule has 1 rings (SSSR count). The lowest BCUT2D eigenvalue weighted by Crippen LogP contribution is -2.10. The van der Waals surface area contributed by atoms with Gasteiger partial charge in [0.25, 0.3) is 0 Å². The highest BCUT2D eigenvalue weighted by Crippen LogP contribution is 2.25. The van der Waals surface area contributed by atoms with E-state index in [1.54, 1.807) is 0 Å². The van der Waals surface area contributed by atoms with Crippen LogP contribution in [0.25, 0.3) is 0 Å². The molecule has 0 fully saturated rings. The van der Waals surface area contributed by atoms with Crippen LogP contribution in [0, 0.1) is 0 Å². The molecule has 0 saturated heterocycles. The number of carboxylic acid groups (broad SMARTS) is 1. The van der Waals surface area contributed by atoms with Crippen LogP contribution in [0.1, 0.15) is 12.5 Å². The molecule has 0 radical (unpaired) electrons. The van der Waals surface area contributed by atoms with Gasteiger partial charge in [0, 0.05) is 5.56 Å². The Hall–Kier alpha value is -0.360. The van der Waals surface area contributed by atoms with Crippen LogP contribution >= 0.6 is 31.9 Å². The number of carbonyl (C=O) groups is 1. The summed E-state index contributed by atoms with van der Waals surface area (Å²) in [6.45, 7) is 1.86. The van der Waals surface area contributed by atoms with Crippen molar-refractivity contribution in [2.45, 2.75) is 19.9 Å². The Labute approximate surface area is 92.2 Å². The summed E-state index contributed by atoms with van der Waals surface area (Å²) < 4.78 is 2.83. The highest BCUT2D eigenvalue weighted by atomic mass is 79.9. The molecule has 1 aromatic rings. The largest absolute Gasteiger partial charge is 0.480 e. The van der Waals surface area contributed by atoms with Crippen LogP contribution in [-0.4, -0.2) is 20.9 Å². The van der Waals surface area contributed by atoms with Crippen molar-refractivity contribution in [2.24, 2.45) is 0 Å². The molecule has 1 N–H and O–H groups in total. The van der Waals surface area contributed by atoms with Crippen LogP contribution in [0.4, 0.5) is 0 Å². The first kappa shape index (κ1) is 10.7. The van der Waals surface area contributed by atoms with E-state index in [4.69, 9.17) is 5.11 Å². The van der Waals surface area contributed by atoms with Gasteiger partial charge < -0.3 is 5.11 Å². The predicted molar refractivity (Wildman–Crippen MR) is 54.6 cm³/mol. The van der Waals surface area contributed by atoms with Crippen LogP contribution < -0.4 is 0 Å². The molecule has 0 aliphatic carbocycles. The Bertz CT molecular complexity index is 335. The first-order chi connectivity index (χ1) is 6.06. The van der Waals surface area contributed by atoms with Crippen molar-refractivity contribution in [3.05, 3.63) is 14.8 Å². The van der Waals surface area contributed by atoms with Gasteiger partial charge in [-0.3, -0.25) is 4.79 Å². The van der Waals surface area contributed by atoms with E-state index < -0.39 is 5.97 Å². The number of rotatable bonds is 3. The lowest BCUT2D eigenvalue weighted by atomic mass is 10.3. The first-order valence-corrected chi connectivity index (χ1v) is 5.27. The number of halogens is 2. The molecule has 0 aliphatic heterocycles. The Morgan fingerprint density at radius 1 is 1.62 bits per heavy atom. The third-order valence-electron chi connectivity index (χ3n) is 1.57. The van der Waals surface area contributed by atoms with Gasteiger partial charge in [-0.15, -0.1) is 0 Å². The smallest absolute Gasteiger partial charge is 0.325 e. The lowest BCUT2D eigenvalue weighted by molar-refractivity contribution is -0.137. The summed E-state index contributed by atoms with van der Waals surface area (Å²) in [5, 5.41) is 12.6. The van der Waals surface area contributed by atoms with Gasteiger partial charge in [-0.25, -0.2) is 4.68 Å². The molecule has 72 valence electrons. The molecule has 0 saturated carbocycles. The molecule has 0 atom stereocenters. The Morgan fingerprint density at radius 3 is 2.62 bits per heavy atom. The summed E-state index contributed by atoms with van der Waals surface area (Å²) in [5.41, 5.74) is 0.987. The quantitative estimate of drug-likeness (QED) is 0.929. The maximum Gasteiger partial charge on any atom is 0.325 e. The molecular weight excluding hydrogens is 304 g/mol. The highest BCUT2D eigenvalue weighted by molar-refractivity contribution is 9.11. The fraction of sp³-hybridized carbons (Fsp3) is 0.429. The molecule has 1 aromatic heterocycles. The minimum absolute atomic E-state index is 0.126. The number of carboxylic acids is 1. The summed E-state index contributed by atoms with van der Waals surface area (Å²) in [6.07, 6.45) is 0.806. The molecule has 1 heterocycles. The average Bonchev–Trinajstić information content (AvgIpc) is 2.26. The van der Waals surface area contributed by atoms with Gasteiger partial charge in [-0.2, -0.15) is 5.10 Å². The number of hydrogen-bond donors (Lipinski definition) is 1. The molecule has 0 aliphatic rings.